The summed E-state index contributed by atoms with van der Waals surface area (Å²) in [4.78, 5) is 11.6. The van der Waals surface area contributed by atoms with Gasteiger partial charge in [0.15, 0.2) is 0 Å². The number of hydrogen-bond acceptors (Lipinski definition) is 4. The summed E-state index contributed by atoms with van der Waals surface area (Å²) >= 11 is 0. The first-order chi connectivity index (χ1) is 15.8. The molecule has 0 spiro atoms. The fourth-order valence-electron chi connectivity index (χ4n) is 4.67. The largest absolute Gasteiger partial charge is 0.494 e. The lowest BCUT2D eigenvalue weighted by Gasteiger charge is -2.44. The lowest BCUT2D eigenvalue weighted by Crippen LogP contribution is -2.64. The van der Waals surface area contributed by atoms with Crippen LogP contribution in [0.25, 0.3) is 0 Å². The number of hydrogen-bond donors (Lipinski definition) is 1. The van der Waals surface area contributed by atoms with E-state index in [1.165, 1.54) is 17.5 Å². The lowest BCUT2D eigenvalue weighted by molar-refractivity contribution is -0.142. The van der Waals surface area contributed by atoms with Crippen molar-refractivity contribution in [1.82, 2.24) is 0 Å². The smallest absolute Gasteiger partial charge is 0.322 e. The second-order valence-corrected chi connectivity index (χ2v) is 14.4. The number of carbonyl (C=O) groups is 1. The zero-order valence-electron chi connectivity index (χ0n) is 20.1. The predicted octanol–water partition coefficient (Wildman–Crippen LogP) is 4.17. The van der Waals surface area contributed by atoms with Gasteiger partial charge in [0.05, 0.1) is 13.7 Å². The first kappa shape index (κ1) is 24.7. The van der Waals surface area contributed by atoms with Crippen LogP contribution >= 0.6 is 0 Å². The highest BCUT2D eigenvalue weighted by molar-refractivity contribution is 7.04. The van der Waals surface area contributed by atoms with Gasteiger partial charge in [0.25, 0.3) is 0 Å². The minimum Gasteiger partial charge on any atom is -0.494 e. The molecule has 0 saturated carbocycles. The quantitative estimate of drug-likeness (QED) is 0.384. The average Bonchev–Trinajstić information content (AvgIpc) is 2.82. The Morgan fingerprint density at radius 2 is 1.39 bits per heavy atom. The molecule has 0 radical (unpaired) electrons. The van der Waals surface area contributed by atoms with Crippen molar-refractivity contribution in [2.24, 2.45) is 5.73 Å². The Balaban J connectivity index is 1.79. The molecule has 5 heteroatoms. The minimum atomic E-state index is -2.15. The van der Waals surface area contributed by atoms with Crippen LogP contribution < -0.4 is 20.8 Å². The van der Waals surface area contributed by atoms with Crippen molar-refractivity contribution in [2.75, 3.05) is 13.7 Å². The molecule has 3 aromatic rings. The Kier molecular flexibility index (Phi) is 8.11. The Hall–Kier alpha value is -2.89. The Morgan fingerprint density at radius 1 is 0.879 bits per heavy atom. The molecule has 174 valence electrons. The van der Waals surface area contributed by atoms with E-state index in [0.717, 1.165) is 17.4 Å². The molecule has 0 aromatic heterocycles. The molecule has 0 aliphatic rings. The minimum absolute atomic E-state index is 0.104. The maximum Gasteiger partial charge on any atom is 0.322 e. The van der Waals surface area contributed by atoms with Crippen molar-refractivity contribution in [2.45, 2.75) is 44.3 Å². The van der Waals surface area contributed by atoms with Gasteiger partial charge in [-0.25, -0.2) is 0 Å². The predicted molar refractivity (Wildman–Crippen MR) is 138 cm³/mol. The van der Waals surface area contributed by atoms with Gasteiger partial charge in [-0.1, -0.05) is 104 Å². The highest BCUT2D eigenvalue weighted by Gasteiger charge is 2.47. The van der Waals surface area contributed by atoms with Gasteiger partial charge in [-0.3, -0.25) is 4.79 Å². The van der Waals surface area contributed by atoms with E-state index in [2.05, 4.69) is 81.4 Å². The van der Waals surface area contributed by atoms with Crippen molar-refractivity contribution in [3.63, 3.8) is 0 Å². The van der Waals surface area contributed by atoms with Crippen LogP contribution in [0.5, 0.6) is 5.75 Å². The molecule has 0 saturated heterocycles. The molecule has 0 aliphatic carbocycles. The number of rotatable bonds is 9. The molecule has 0 unspecified atom stereocenters. The van der Waals surface area contributed by atoms with Gasteiger partial charge in [-0.05, 0) is 35.2 Å². The molecule has 0 heterocycles. The third-order valence-electron chi connectivity index (χ3n) is 6.44. The maximum atomic E-state index is 11.6. The van der Waals surface area contributed by atoms with Crippen molar-refractivity contribution in [3.8, 4) is 5.75 Å². The van der Waals surface area contributed by atoms with Crippen LogP contribution in [0.3, 0.4) is 0 Å². The number of nitrogens with two attached hydrogens (primary N) is 1. The van der Waals surface area contributed by atoms with E-state index in [0.29, 0.717) is 13.0 Å². The summed E-state index contributed by atoms with van der Waals surface area (Å²) in [6, 6.07) is 30.0. The van der Waals surface area contributed by atoms with Gasteiger partial charge < -0.3 is 15.2 Å². The van der Waals surface area contributed by atoms with Crippen LogP contribution in [0.2, 0.25) is 11.1 Å². The Labute approximate surface area is 198 Å². The standard InChI is InChI=1S/C28H35NO3Si/c1-28(2,3)33(24-11-7-5-8-12-24,25-13-9-6-10-14-25)20-19-32-23-17-15-22(16-18-23)21-26(29)27(30)31-4/h5-18,26H,19-21,29H2,1-4H3/t26-/m0/s1. The fraction of sp³-hybridized carbons (Fsp3) is 0.321. The van der Waals surface area contributed by atoms with Gasteiger partial charge in [0.1, 0.15) is 19.9 Å². The van der Waals surface area contributed by atoms with Crippen LogP contribution in [0.15, 0.2) is 84.9 Å². The van der Waals surface area contributed by atoms with Gasteiger partial charge in [0.2, 0.25) is 0 Å². The molecule has 4 nitrogen and oxygen atoms in total. The number of esters is 1. The van der Waals surface area contributed by atoms with Crippen LogP contribution in [-0.4, -0.2) is 33.8 Å². The van der Waals surface area contributed by atoms with E-state index in [9.17, 15) is 4.79 Å². The highest BCUT2D eigenvalue weighted by Crippen LogP contribution is 2.38. The maximum absolute atomic E-state index is 11.6. The first-order valence-electron chi connectivity index (χ1n) is 11.4. The lowest BCUT2D eigenvalue weighted by atomic mass is 10.1. The summed E-state index contributed by atoms with van der Waals surface area (Å²) in [6.45, 7) is 7.71. The zero-order valence-corrected chi connectivity index (χ0v) is 21.1. The molecular weight excluding hydrogens is 426 g/mol. The second-order valence-electron chi connectivity index (χ2n) is 9.46. The third-order valence-corrected chi connectivity index (χ3v) is 12.6. The summed E-state index contributed by atoms with van der Waals surface area (Å²) in [5.74, 6) is 0.420. The highest BCUT2D eigenvalue weighted by atomic mass is 28.3. The van der Waals surface area contributed by atoms with Crippen LogP contribution in [0.4, 0.5) is 0 Å². The van der Waals surface area contributed by atoms with Crippen LogP contribution in [-0.2, 0) is 16.0 Å². The molecule has 3 rings (SSSR count). The second kappa shape index (κ2) is 10.8. The van der Waals surface area contributed by atoms with Crippen molar-refractivity contribution in [1.29, 1.82) is 0 Å². The molecular formula is C28H35NO3Si. The van der Waals surface area contributed by atoms with E-state index in [4.69, 9.17) is 15.2 Å². The van der Waals surface area contributed by atoms with Gasteiger partial charge >= 0.3 is 5.97 Å². The van der Waals surface area contributed by atoms with E-state index in [1.54, 1.807) is 0 Å². The molecule has 0 amide bonds. The topological polar surface area (TPSA) is 61.5 Å². The summed E-state index contributed by atoms with van der Waals surface area (Å²) < 4.78 is 10.9. The summed E-state index contributed by atoms with van der Waals surface area (Å²) in [5, 5.41) is 2.96. The number of carbonyl (C=O) groups excluding carboxylic acids is 1. The van der Waals surface area contributed by atoms with Gasteiger partial charge in [0, 0.05) is 0 Å². The number of methoxy groups -OCH3 is 1. The summed E-state index contributed by atoms with van der Waals surface area (Å²) in [7, 11) is -0.794. The number of ether oxygens (including phenoxy) is 2. The van der Waals surface area contributed by atoms with E-state index < -0.39 is 20.1 Å². The van der Waals surface area contributed by atoms with Crippen LogP contribution in [0.1, 0.15) is 26.3 Å². The average molecular weight is 462 g/mol. The van der Waals surface area contributed by atoms with Crippen molar-refractivity contribution >= 4 is 24.4 Å². The molecule has 3 aromatic carbocycles. The van der Waals surface area contributed by atoms with Crippen LogP contribution in [0, 0.1) is 0 Å². The van der Waals surface area contributed by atoms with Gasteiger partial charge in [-0.2, -0.15) is 0 Å². The van der Waals surface area contributed by atoms with E-state index >= 15 is 0 Å². The fourth-order valence-corrected chi connectivity index (χ4v) is 10.00. The Bertz CT molecular complexity index is 975. The summed E-state index contributed by atoms with van der Waals surface area (Å²) in [6.07, 6.45) is 0.440. The molecule has 0 aliphatic heterocycles. The summed E-state index contributed by atoms with van der Waals surface area (Å²) in [5.41, 5.74) is 6.85. The monoisotopic (exact) mass is 461 g/mol. The van der Waals surface area contributed by atoms with Crippen molar-refractivity contribution < 1.29 is 14.3 Å². The molecule has 33 heavy (non-hydrogen) atoms. The molecule has 0 fully saturated rings. The zero-order chi connectivity index (χ0) is 23.9. The Morgan fingerprint density at radius 3 is 1.85 bits per heavy atom. The molecule has 1 atom stereocenters. The SMILES string of the molecule is COC(=O)[C@@H](N)Cc1ccc(OCC[Si](c2ccccc2)(c2ccccc2)C(C)(C)C)cc1. The third kappa shape index (κ3) is 5.73. The number of benzene rings is 3. The molecule has 2 N–H and O–H groups in total. The normalized spacial score (nSPS) is 12.8. The van der Waals surface area contributed by atoms with Gasteiger partial charge in [-0.15, -0.1) is 0 Å². The van der Waals surface area contributed by atoms with Crippen molar-refractivity contribution in [3.05, 3.63) is 90.5 Å². The first-order valence-corrected chi connectivity index (χ1v) is 13.6. The molecule has 0 bridgehead atoms. The van der Waals surface area contributed by atoms with E-state index in [1.807, 2.05) is 24.3 Å². The van der Waals surface area contributed by atoms with E-state index in [-0.39, 0.29) is 5.04 Å².